The van der Waals surface area contributed by atoms with Crippen molar-refractivity contribution in [3.63, 3.8) is 0 Å². The largest absolute Gasteiger partial charge is 0.481 e. The third-order valence-electron chi connectivity index (χ3n) is 3.82. The minimum Gasteiger partial charge on any atom is -0.481 e. The molecule has 1 aromatic carbocycles. The number of aliphatic carboxylic acids is 1. The number of hydrogen-bond acceptors (Lipinski definition) is 3. The Balaban J connectivity index is 2.12. The molecule has 1 saturated heterocycles. The molecule has 1 N–H and O–H groups in total. The van der Waals surface area contributed by atoms with Gasteiger partial charge in [0, 0.05) is 12.6 Å². The SMILES string of the molecule is CCCN(Cc1cccc(C)c1)C1COCC1C(=O)O. The predicted molar refractivity (Wildman–Crippen MR) is 77.6 cm³/mol. The van der Waals surface area contributed by atoms with Crippen molar-refractivity contribution >= 4 is 5.97 Å². The quantitative estimate of drug-likeness (QED) is 0.867. The first-order valence-electron chi connectivity index (χ1n) is 7.22. The van der Waals surface area contributed by atoms with Crippen LogP contribution in [0.15, 0.2) is 24.3 Å². The summed E-state index contributed by atoms with van der Waals surface area (Å²) >= 11 is 0. The van der Waals surface area contributed by atoms with Crippen molar-refractivity contribution in [2.75, 3.05) is 19.8 Å². The van der Waals surface area contributed by atoms with E-state index in [0.717, 1.165) is 19.5 Å². The maximum atomic E-state index is 11.3. The molecule has 0 radical (unpaired) electrons. The highest BCUT2D eigenvalue weighted by atomic mass is 16.5. The number of carbonyl (C=O) groups is 1. The lowest BCUT2D eigenvalue weighted by Gasteiger charge is -2.30. The van der Waals surface area contributed by atoms with Crippen LogP contribution in [0.4, 0.5) is 0 Å². The zero-order valence-corrected chi connectivity index (χ0v) is 12.2. The van der Waals surface area contributed by atoms with Gasteiger partial charge in [-0.15, -0.1) is 0 Å². The molecule has 1 heterocycles. The molecule has 4 heteroatoms. The summed E-state index contributed by atoms with van der Waals surface area (Å²) in [6.45, 7) is 6.72. The first-order valence-corrected chi connectivity index (χ1v) is 7.22. The molecule has 1 fully saturated rings. The Morgan fingerprint density at radius 2 is 2.25 bits per heavy atom. The average Bonchev–Trinajstić information content (AvgIpc) is 2.87. The molecule has 110 valence electrons. The number of nitrogens with zero attached hydrogens (tertiary/aromatic N) is 1. The summed E-state index contributed by atoms with van der Waals surface area (Å²) in [7, 11) is 0. The fourth-order valence-electron chi connectivity index (χ4n) is 2.83. The fraction of sp³-hybridized carbons (Fsp3) is 0.562. The fourth-order valence-corrected chi connectivity index (χ4v) is 2.83. The molecule has 1 aliphatic heterocycles. The summed E-state index contributed by atoms with van der Waals surface area (Å²) in [5, 5.41) is 9.30. The molecule has 2 unspecified atom stereocenters. The van der Waals surface area contributed by atoms with E-state index in [4.69, 9.17) is 4.74 Å². The highest BCUT2D eigenvalue weighted by molar-refractivity contribution is 5.71. The van der Waals surface area contributed by atoms with Gasteiger partial charge in [0.2, 0.25) is 0 Å². The summed E-state index contributed by atoms with van der Waals surface area (Å²) in [6.07, 6.45) is 1.01. The van der Waals surface area contributed by atoms with Crippen LogP contribution in [0.5, 0.6) is 0 Å². The van der Waals surface area contributed by atoms with E-state index in [-0.39, 0.29) is 6.04 Å². The third-order valence-corrected chi connectivity index (χ3v) is 3.82. The van der Waals surface area contributed by atoms with Crippen molar-refractivity contribution < 1.29 is 14.6 Å². The minimum absolute atomic E-state index is 0.0204. The molecule has 2 rings (SSSR count). The molecular weight excluding hydrogens is 254 g/mol. The molecule has 0 spiro atoms. The second-order valence-corrected chi connectivity index (χ2v) is 5.51. The molecule has 4 nitrogen and oxygen atoms in total. The molecular formula is C16H23NO3. The van der Waals surface area contributed by atoms with Crippen LogP contribution in [0.25, 0.3) is 0 Å². The number of aryl methyl sites for hydroxylation is 1. The van der Waals surface area contributed by atoms with Crippen molar-refractivity contribution in [3.05, 3.63) is 35.4 Å². The van der Waals surface area contributed by atoms with Crippen molar-refractivity contribution in [2.45, 2.75) is 32.9 Å². The maximum Gasteiger partial charge on any atom is 0.310 e. The van der Waals surface area contributed by atoms with Crippen LogP contribution in [0, 0.1) is 12.8 Å². The standard InChI is InChI=1S/C16H23NO3/c1-3-7-17(9-13-6-4-5-12(2)8-13)15-11-20-10-14(15)16(18)19/h4-6,8,14-15H,3,7,9-11H2,1-2H3,(H,18,19). The molecule has 0 bridgehead atoms. The van der Waals surface area contributed by atoms with Crippen LogP contribution in [0.1, 0.15) is 24.5 Å². The topological polar surface area (TPSA) is 49.8 Å². The first-order chi connectivity index (χ1) is 9.61. The second-order valence-electron chi connectivity index (χ2n) is 5.51. The number of rotatable bonds is 6. The molecule has 0 aliphatic carbocycles. The Bertz CT molecular complexity index is 461. The van der Waals surface area contributed by atoms with Gasteiger partial charge in [-0.3, -0.25) is 9.69 Å². The normalized spacial score (nSPS) is 22.4. The lowest BCUT2D eigenvalue weighted by Crippen LogP contribution is -2.43. The van der Waals surface area contributed by atoms with E-state index in [1.807, 2.05) is 0 Å². The molecule has 0 saturated carbocycles. The van der Waals surface area contributed by atoms with E-state index in [9.17, 15) is 9.90 Å². The molecule has 1 aliphatic rings. The van der Waals surface area contributed by atoms with Crippen LogP contribution >= 0.6 is 0 Å². The highest BCUT2D eigenvalue weighted by Gasteiger charge is 2.37. The summed E-state index contributed by atoms with van der Waals surface area (Å²) in [6, 6.07) is 8.37. The Labute approximate surface area is 120 Å². The van der Waals surface area contributed by atoms with Gasteiger partial charge in [0.15, 0.2) is 0 Å². The van der Waals surface area contributed by atoms with E-state index in [2.05, 4.69) is 43.0 Å². The lowest BCUT2D eigenvalue weighted by atomic mass is 10.0. The smallest absolute Gasteiger partial charge is 0.310 e. The van der Waals surface area contributed by atoms with E-state index < -0.39 is 11.9 Å². The lowest BCUT2D eigenvalue weighted by molar-refractivity contribution is -0.143. The molecule has 20 heavy (non-hydrogen) atoms. The number of ether oxygens (including phenoxy) is 1. The Hall–Kier alpha value is -1.39. The first kappa shape index (κ1) is 15.0. The molecule has 1 aromatic rings. The summed E-state index contributed by atoms with van der Waals surface area (Å²) in [5.74, 6) is -1.16. The summed E-state index contributed by atoms with van der Waals surface area (Å²) < 4.78 is 5.40. The van der Waals surface area contributed by atoms with Gasteiger partial charge in [-0.2, -0.15) is 0 Å². The minimum atomic E-state index is -0.752. The number of carboxylic acids is 1. The Kier molecular flexibility index (Phi) is 5.15. The van der Waals surface area contributed by atoms with Crippen molar-refractivity contribution in [2.24, 2.45) is 5.92 Å². The van der Waals surface area contributed by atoms with Crippen LogP contribution < -0.4 is 0 Å². The van der Waals surface area contributed by atoms with Gasteiger partial charge in [-0.25, -0.2) is 0 Å². The van der Waals surface area contributed by atoms with Gasteiger partial charge < -0.3 is 9.84 Å². The van der Waals surface area contributed by atoms with Crippen LogP contribution in [-0.2, 0) is 16.1 Å². The Morgan fingerprint density at radius 3 is 2.90 bits per heavy atom. The summed E-state index contributed by atoms with van der Waals surface area (Å²) in [5.41, 5.74) is 2.46. The molecule has 0 aromatic heterocycles. The zero-order valence-electron chi connectivity index (χ0n) is 12.2. The van der Waals surface area contributed by atoms with Gasteiger partial charge >= 0.3 is 5.97 Å². The van der Waals surface area contributed by atoms with Gasteiger partial charge in [0.25, 0.3) is 0 Å². The maximum absolute atomic E-state index is 11.3. The molecule has 0 amide bonds. The third kappa shape index (κ3) is 3.58. The van der Waals surface area contributed by atoms with E-state index in [0.29, 0.717) is 13.2 Å². The summed E-state index contributed by atoms with van der Waals surface area (Å²) in [4.78, 5) is 13.6. The Morgan fingerprint density at radius 1 is 1.45 bits per heavy atom. The van der Waals surface area contributed by atoms with E-state index in [1.54, 1.807) is 0 Å². The number of benzene rings is 1. The van der Waals surface area contributed by atoms with E-state index >= 15 is 0 Å². The van der Waals surface area contributed by atoms with Gasteiger partial charge in [0.1, 0.15) is 0 Å². The predicted octanol–water partition coefficient (Wildman–Crippen LogP) is 2.31. The highest BCUT2D eigenvalue weighted by Crippen LogP contribution is 2.22. The molecule has 2 atom stereocenters. The van der Waals surface area contributed by atoms with E-state index in [1.165, 1.54) is 11.1 Å². The average molecular weight is 277 g/mol. The van der Waals surface area contributed by atoms with Gasteiger partial charge in [0.05, 0.1) is 19.1 Å². The van der Waals surface area contributed by atoms with Crippen molar-refractivity contribution in [1.82, 2.24) is 4.90 Å². The second kappa shape index (κ2) is 6.86. The van der Waals surface area contributed by atoms with Crippen LogP contribution in [0.3, 0.4) is 0 Å². The van der Waals surface area contributed by atoms with Crippen LogP contribution in [-0.4, -0.2) is 41.8 Å². The van der Waals surface area contributed by atoms with Gasteiger partial charge in [-0.1, -0.05) is 36.8 Å². The van der Waals surface area contributed by atoms with Crippen molar-refractivity contribution in [1.29, 1.82) is 0 Å². The monoisotopic (exact) mass is 277 g/mol. The van der Waals surface area contributed by atoms with Crippen LogP contribution in [0.2, 0.25) is 0 Å². The zero-order chi connectivity index (χ0) is 14.5. The van der Waals surface area contributed by atoms with Crippen molar-refractivity contribution in [3.8, 4) is 0 Å². The van der Waals surface area contributed by atoms with Gasteiger partial charge in [-0.05, 0) is 25.5 Å². The number of hydrogen-bond donors (Lipinski definition) is 1. The number of carboxylic acid groups (broad SMARTS) is 1.